The first-order valence-electron chi connectivity index (χ1n) is 6.78. The summed E-state index contributed by atoms with van der Waals surface area (Å²) >= 11 is 0. The van der Waals surface area contributed by atoms with Crippen molar-refractivity contribution >= 4 is 5.97 Å². The smallest absolute Gasteiger partial charge is 0.308 e. The molecule has 2 aliphatic rings. The van der Waals surface area contributed by atoms with Gasteiger partial charge in [0.25, 0.3) is 0 Å². The normalized spacial score (nSPS) is 31.4. The van der Waals surface area contributed by atoms with Crippen molar-refractivity contribution in [2.75, 3.05) is 0 Å². The summed E-state index contributed by atoms with van der Waals surface area (Å²) in [5.41, 5.74) is 1.29. The lowest BCUT2D eigenvalue weighted by Gasteiger charge is -2.38. The Balaban J connectivity index is 1.78. The Kier molecular flexibility index (Phi) is 3.08. The van der Waals surface area contributed by atoms with Gasteiger partial charge in [0.2, 0.25) is 0 Å². The molecule has 0 spiro atoms. The van der Waals surface area contributed by atoms with Gasteiger partial charge in [0.05, 0.1) is 5.92 Å². The van der Waals surface area contributed by atoms with E-state index in [-0.39, 0.29) is 12.0 Å². The molecule has 2 saturated heterocycles. The fourth-order valence-corrected chi connectivity index (χ4v) is 3.60. The zero-order valence-corrected chi connectivity index (χ0v) is 10.5. The van der Waals surface area contributed by atoms with Crippen LogP contribution in [-0.2, 0) is 11.3 Å². The van der Waals surface area contributed by atoms with Crippen LogP contribution in [-0.4, -0.2) is 28.1 Å². The molecule has 0 aromatic heterocycles. The van der Waals surface area contributed by atoms with Gasteiger partial charge in [0, 0.05) is 18.6 Å². The van der Waals surface area contributed by atoms with E-state index in [0.717, 1.165) is 25.8 Å². The summed E-state index contributed by atoms with van der Waals surface area (Å²) in [6, 6.07) is 11.2. The summed E-state index contributed by atoms with van der Waals surface area (Å²) in [6.45, 7) is 0.903. The highest BCUT2D eigenvalue weighted by molar-refractivity contribution is 5.71. The van der Waals surface area contributed by atoms with Crippen molar-refractivity contribution in [3.8, 4) is 0 Å². The molecule has 2 bridgehead atoms. The van der Waals surface area contributed by atoms with Crippen molar-refractivity contribution < 1.29 is 9.90 Å². The molecule has 3 atom stereocenters. The van der Waals surface area contributed by atoms with Crippen LogP contribution in [0.5, 0.6) is 0 Å². The zero-order chi connectivity index (χ0) is 12.5. The van der Waals surface area contributed by atoms with Crippen LogP contribution in [0.25, 0.3) is 0 Å². The predicted molar refractivity (Wildman–Crippen MR) is 69.2 cm³/mol. The van der Waals surface area contributed by atoms with E-state index in [2.05, 4.69) is 29.2 Å². The number of rotatable bonds is 3. The molecule has 2 unspecified atom stereocenters. The topological polar surface area (TPSA) is 40.5 Å². The number of benzene rings is 1. The first kappa shape index (κ1) is 11.7. The number of carboxylic acids is 1. The summed E-state index contributed by atoms with van der Waals surface area (Å²) in [4.78, 5) is 13.7. The van der Waals surface area contributed by atoms with E-state index in [4.69, 9.17) is 0 Å². The molecule has 3 rings (SSSR count). The average Bonchev–Trinajstić information content (AvgIpc) is 2.63. The Hall–Kier alpha value is -1.35. The summed E-state index contributed by atoms with van der Waals surface area (Å²) in [5.74, 6) is -0.772. The first-order chi connectivity index (χ1) is 8.75. The molecule has 2 fully saturated rings. The second kappa shape index (κ2) is 4.73. The van der Waals surface area contributed by atoms with E-state index in [1.54, 1.807) is 0 Å². The van der Waals surface area contributed by atoms with Gasteiger partial charge in [-0.2, -0.15) is 0 Å². The molecule has 1 aromatic rings. The summed E-state index contributed by atoms with van der Waals surface area (Å²) < 4.78 is 0. The molecule has 18 heavy (non-hydrogen) atoms. The molecule has 2 heterocycles. The lowest BCUT2D eigenvalue weighted by atomic mass is 9.90. The highest BCUT2D eigenvalue weighted by Gasteiger charge is 2.44. The van der Waals surface area contributed by atoms with Crippen LogP contribution in [0.15, 0.2) is 30.3 Å². The summed E-state index contributed by atoms with van der Waals surface area (Å²) in [5, 5.41) is 9.32. The molecule has 3 nitrogen and oxygen atoms in total. The molecule has 0 radical (unpaired) electrons. The first-order valence-corrected chi connectivity index (χ1v) is 6.78. The number of hydrogen-bond acceptors (Lipinski definition) is 2. The van der Waals surface area contributed by atoms with Crippen LogP contribution >= 0.6 is 0 Å². The van der Waals surface area contributed by atoms with Crippen molar-refractivity contribution in [1.82, 2.24) is 4.90 Å². The number of carboxylic acid groups (broad SMARTS) is 1. The average molecular weight is 245 g/mol. The Morgan fingerprint density at radius 2 is 1.89 bits per heavy atom. The van der Waals surface area contributed by atoms with Crippen LogP contribution in [0.4, 0.5) is 0 Å². The second-order valence-electron chi connectivity index (χ2n) is 5.48. The van der Waals surface area contributed by atoms with Crippen LogP contribution in [0.2, 0.25) is 0 Å². The van der Waals surface area contributed by atoms with Gasteiger partial charge in [-0.3, -0.25) is 9.69 Å². The third kappa shape index (κ3) is 2.03. The van der Waals surface area contributed by atoms with Gasteiger partial charge in [-0.25, -0.2) is 0 Å². The minimum atomic E-state index is -0.613. The number of fused-ring (bicyclic) bond motifs is 2. The standard InChI is InChI=1S/C15H19NO2/c17-15(18)13-8-6-12-7-9-14(13)16(12)10-11-4-2-1-3-5-11/h1-5,12-14H,6-10H2,(H,17,18)/t12?,13-,14?/m1/s1. The lowest BCUT2D eigenvalue weighted by Crippen LogP contribution is -2.46. The van der Waals surface area contributed by atoms with Gasteiger partial charge in [-0.1, -0.05) is 30.3 Å². The Morgan fingerprint density at radius 3 is 2.61 bits per heavy atom. The molecule has 0 saturated carbocycles. The summed E-state index contributed by atoms with van der Waals surface area (Å²) in [6.07, 6.45) is 4.12. The number of hydrogen-bond donors (Lipinski definition) is 1. The van der Waals surface area contributed by atoms with E-state index in [1.165, 1.54) is 12.0 Å². The highest BCUT2D eigenvalue weighted by Crippen LogP contribution is 2.40. The maximum atomic E-state index is 11.3. The van der Waals surface area contributed by atoms with E-state index in [9.17, 15) is 9.90 Å². The van der Waals surface area contributed by atoms with Crippen molar-refractivity contribution in [3.63, 3.8) is 0 Å². The molecule has 1 aromatic carbocycles. The maximum Gasteiger partial charge on any atom is 0.308 e. The largest absolute Gasteiger partial charge is 0.481 e. The lowest BCUT2D eigenvalue weighted by molar-refractivity contribution is -0.145. The number of nitrogens with zero attached hydrogens (tertiary/aromatic N) is 1. The number of carbonyl (C=O) groups is 1. The Labute approximate surface area is 107 Å². The molecular formula is C15H19NO2. The molecule has 1 N–H and O–H groups in total. The fourth-order valence-electron chi connectivity index (χ4n) is 3.60. The van der Waals surface area contributed by atoms with Gasteiger partial charge in [-0.15, -0.1) is 0 Å². The van der Waals surface area contributed by atoms with Crippen molar-refractivity contribution in [2.45, 2.75) is 44.3 Å². The van der Waals surface area contributed by atoms with Gasteiger partial charge < -0.3 is 5.11 Å². The van der Waals surface area contributed by atoms with Crippen LogP contribution in [0.1, 0.15) is 31.2 Å². The third-order valence-electron chi connectivity index (χ3n) is 4.49. The monoisotopic (exact) mass is 245 g/mol. The molecule has 0 aliphatic carbocycles. The minimum Gasteiger partial charge on any atom is -0.481 e. The Bertz CT molecular complexity index is 431. The van der Waals surface area contributed by atoms with Gasteiger partial charge in [0.1, 0.15) is 0 Å². The minimum absolute atomic E-state index is 0.160. The second-order valence-corrected chi connectivity index (χ2v) is 5.48. The van der Waals surface area contributed by atoms with Gasteiger partial charge in [0.15, 0.2) is 0 Å². The predicted octanol–water partition coefficient (Wildman–Crippen LogP) is 2.51. The van der Waals surface area contributed by atoms with E-state index < -0.39 is 5.97 Å². The SMILES string of the molecule is O=C(O)[C@@H]1CCC2CCC1N2Cc1ccccc1. The zero-order valence-electron chi connectivity index (χ0n) is 10.5. The molecule has 96 valence electrons. The summed E-state index contributed by atoms with van der Waals surface area (Å²) in [7, 11) is 0. The molecular weight excluding hydrogens is 226 g/mol. The van der Waals surface area contributed by atoms with Gasteiger partial charge >= 0.3 is 5.97 Å². The van der Waals surface area contributed by atoms with Crippen LogP contribution in [0, 0.1) is 5.92 Å². The fraction of sp³-hybridized carbons (Fsp3) is 0.533. The van der Waals surface area contributed by atoms with Crippen molar-refractivity contribution in [1.29, 1.82) is 0 Å². The van der Waals surface area contributed by atoms with Crippen LogP contribution < -0.4 is 0 Å². The van der Waals surface area contributed by atoms with Crippen molar-refractivity contribution in [2.24, 2.45) is 5.92 Å². The molecule has 0 amide bonds. The van der Waals surface area contributed by atoms with E-state index in [1.807, 2.05) is 6.07 Å². The van der Waals surface area contributed by atoms with E-state index >= 15 is 0 Å². The number of piperidine rings is 1. The third-order valence-corrected chi connectivity index (χ3v) is 4.49. The Morgan fingerprint density at radius 1 is 1.17 bits per heavy atom. The quantitative estimate of drug-likeness (QED) is 0.889. The van der Waals surface area contributed by atoms with Gasteiger partial charge in [-0.05, 0) is 31.2 Å². The molecule has 2 aliphatic heterocycles. The number of aliphatic carboxylic acids is 1. The van der Waals surface area contributed by atoms with Crippen molar-refractivity contribution in [3.05, 3.63) is 35.9 Å². The maximum absolute atomic E-state index is 11.3. The van der Waals surface area contributed by atoms with E-state index in [0.29, 0.717) is 6.04 Å². The highest BCUT2D eigenvalue weighted by atomic mass is 16.4. The molecule has 3 heteroatoms. The van der Waals surface area contributed by atoms with Crippen LogP contribution in [0.3, 0.4) is 0 Å².